The molecule has 0 aromatic heterocycles. The Hall–Kier alpha value is -2.56. The largest absolute Gasteiger partial charge is 0.493 e. The number of carboxylic acids is 1. The molecule has 1 aliphatic carbocycles. The van der Waals surface area contributed by atoms with Gasteiger partial charge in [0.15, 0.2) is 0 Å². The number of aliphatic carboxylic acids is 1. The van der Waals surface area contributed by atoms with Crippen LogP contribution in [0.25, 0.3) is 10.8 Å². The Bertz CT molecular complexity index is 734. The normalized spacial score (nSPS) is 13.7. The first-order valence-corrected chi connectivity index (χ1v) is 8.27. The van der Waals surface area contributed by atoms with Crippen LogP contribution >= 0.6 is 0 Å². The van der Waals surface area contributed by atoms with Crippen LogP contribution in [-0.4, -0.2) is 41.1 Å². The van der Waals surface area contributed by atoms with E-state index < -0.39 is 5.97 Å². The van der Waals surface area contributed by atoms with Gasteiger partial charge < -0.3 is 14.7 Å². The molecular weight excluding hydrogens is 306 g/mol. The highest BCUT2D eigenvalue weighted by Crippen LogP contribution is 2.28. The number of nitrogens with zero attached hydrogens (tertiary/aromatic N) is 1. The summed E-state index contributed by atoms with van der Waals surface area (Å²) in [4.78, 5) is 24.5. The Kier molecular flexibility index (Phi) is 4.99. The van der Waals surface area contributed by atoms with Gasteiger partial charge in [0.2, 0.25) is 5.91 Å². The molecule has 5 nitrogen and oxygen atoms in total. The Morgan fingerprint density at radius 3 is 2.62 bits per heavy atom. The van der Waals surface area contributed by atoms with Crippen LogP contribution in [-0.2, 0) is 9.59 Å². The first-order valence-electron chi connectivity index (χ1n) is 8.27. The van der Waals surface area contributed by atoms with Crippen LogP contribution < -0.4 is 4.74 Å². The van der Waals surface area contributed by atoms with Crippen molar-refractivity contribution in [1.29, 1.82) is 0 Å². The predicted molar refractivity (Wildman–Crippen MR) is 91.0 cm³/mol. The lowest BCUT2D eigenvalue weighted by atomic mass is 10.1. The summed E-state index contributed by atoms with van der Waals surface area (Å²) in [7, 11) is 0. The third-order valence-corrected chi connectivity index (χ3v) is 4.16. The van der Waals surface area contributed by atoms with Crippen LogP contribution in [0.4, 0.5) is 0 Å². The molecule has 0 atom stereocenters. The minimum Gasteiger partial charge on any atom is -0.493 e. The summed E-state index contributed by atoms with van der Waals surface area (Å²) in [6.45, 7) is 0.235. The number of amides is 1. The molecule has 1 N–H and O–H groups in total. The summed E-state index contributed by atoms with van der Waals surface area (Å²) in [6, 6.07) is 14.0. The topological polar surface area (TPSA) is 66.8 Å². The van der Waals surface area contributed by atoms with Gasteiger partial charge in [-0.25, -0.2) is 0 Å². The monoisotopic (exact) mass is 327 g/mol. The van der Waals surface area contributed by atoms with Gasteiger partial charge in [0, 0.05) is 17.8 Å². The number of rotatable bonds is 8. The molecule has 126 valence electrons. The fraction of sp³-hybridized carbons (Fsp3) is 0.368. The SMILES string of the molecule is O=C(O)CN(C(=O)CCCOc1cccc2ccccc12)C1CC1. The van der Waals surface area contributed by atoms with E-state index in [-0.39, 0.29) is 18.5 Å². The van der Waals surface area contributed by atoms with E-state index in [0.29, 0.717) is 19.4 Å². The zero-order chi connectivity index (χ0) is 16.9. The minimum atomic E-state index is -0.956. The molecule has 1 amide bonds. The predicted octanol–water partition coefficient (Wildman–Crippen LogP) is 3.07. The van der Waals surface area contributed by atoms with Gasteiger partial charge in [-0.1, -0.05) is 36.4 Å². The maximum Gasteiger partial charge on any atom is 0.323 e. The van der Waals surface area contributed by atoms with Crippen molar-refractivity contribution < 1.29 is 19.4 Å². The Balaban J connectivity index is 1.51. The van der Waals surface area contributed by atoms with E-state index >= 15 is 0 Å². The third kappa shape index (κ3) is 4.04. The average molecular weight is 327 g/mol. The molecule has 0 heterocycles. The molecule has 5 heteroatoms. The highest BCUT2D eigenvalue weighted by molar-refractivity contribution is 5.88. The number of benzene rings is 2. The quantitative estimate of drug-likeness (QED) is 0.757. The van der Waals surface area contributed by atoms with Crippen LogP contribution in [0.3, 0.4) is 0 Å². The Morgan fingerprint density at radius 2 is 1.88 bits per heavy atom. The molecule has 24 heavy (non-hydrogen) atoms. The summed E-state index contributed by atoms with van der Waals surface area (Å²) >= 11 is 0. The summed E-state index contributed by atoms with van der Waals surface area (Å²) in [6.07, 6.45) is 2.70. The molecule has 2 aromatic carbocycles. The second-order valence-corrected chi connectivity index (χ2v) is 6.08. The fourth-order valence-electron chi connectivity index (χ4n) is 2.82. The van der Waals surface area contributed by atoms with Crippen LogP contribution in [0, 0.1) is 0 Å². The van der Waals surface area contributed by atoms with E-state index in [1.54, 1.807) is 0 Å². The molecular formula is C19H21NO4. The van der Waals surface area contributed by atoms with Gasteiger partial charge >= 0.3 is 5.97 Å². The van der Waals surface area contributed by atoms with Gasteiger partial charge in [-0.3, -0.25) is 9.59 Å². The van der Waals surface area contributed by atoms with Crippen molar-refractivity contribution >= 4 is 22.6 Å². The molecule has 1 aliphatic rings. The summed E-state index contributed by atoms with van der Waals surface area (Å²) in [5.74, 6) is -0.242. The van der Waals surface area contributed by atoms with Gasteiger partial charge in [0.05, 0.1) is 6.61 Å². The van der Waals surface area contributed by atoms with Gasteiger partial charge in [0.25, 0.3) is 0 Å². The highest BCUT2D eigenvalue weighted by Gasteiger charge is 2.33. The summed E-state index contributed by atoms with van der Waals surface area (Å²) in [5.41, 5.74) is 0. The van der Waals surface area contributed by atoms with Gasteiger partial charge in [-0.05, 0) is 30.7 Å². The number of hydrogen-bond acceptors (Lipinski definition) is 3. The van der Waals surface area contributed by atoms with Crippen LogP contribution in [0.1, 0.15) is 25.7 Å². The lowest BCUT2D eigenvalue weighted by Gasteiger charge is -2.20. The van der Waals surface area contributed by atoms with Crippen LogP contribution in [0.2, 0.25) is 0 Å². The zero-order valence-corrected chi connectivity index (χ0v) is 13.5. The van der Waals surface area contributed by atoms with Gasteiger partial charge in [-0.15, -0.1) is 0 Å². The molecule has 0 unspecified atom stereocenters. The van der Waals surface area contributed by atoms with Crippen molar-refractivity contribution in [3.8, 4) is 5.75 Å². The molecule has 0 bridgehead atoms. The number of carbonyl (C=O) groups excluding carboxylic acids is 1. The van der Waals surface area contributed by atoms with E-state index in [0.717, 1.165) is 29.4 Å². The molecule has 1 saturated carbocycles. The van der Waals surface area contributed by atoms with Crippen molar-refractivity contribution in [2.45, 2.75) is 31.7 Å². The maximum absolute atomic E-state index is 12.2. The first-order chi connectivity index (χ1) is 11.6. The van der Waals surface area contributed by atoms with E-state index in [2.05, 4.69) is 0 Å². The number of hydrogen-bond donors (Lipinski definition) is 1. The van der Waals surface area contributed by atoms with E-state index in [4.69, 9.17) is 9.84 Å². The average Bonchev–Trinajstić information content (AvgIpc) is 3.41. The van der Waals surface area contributed by atoms with Crippen molar-refractivity contribution in [2.75, 3.05) is 13.2 Å². The highest BCUT2D eigenvalue weighted by atomic mass is 16.5. The molecule has 0 aliphatic heterocycles. The summed E-state index contributed by atoms with van der Waals surface area (Å²) in [5, 5.41) is 11.1. The molecule has 0 radical (unpaired) electrons. The van der Waals surface area contributed by atoms with E-state index in [9.17, 15) is 9.59 Å². The maximum atomic E-state index is 12.2. The second-order valence-electron chi connectivity index (χ2n) is 6.08. The van der Waals surface area contributed by atoms with Crippen LogP contribution in [0.5, 0.6) is 5.75 Å². The number of ether oxygens (including phenoxy) is 1. The van der Waals surface area contributed by atoms with Crippen molar-refractivity contribution in [3.05, 3.63) is 42.5 Å². The molecule has 1 fully saturated rings. The lowest BCUT2D eigenvalue weighted by Crippen LogP contribution is -2.37. The van der Waals surface area contributed by atoms with Crippen molar-refractivity contribution in [2.24, 2.45) is 0 Å². The molecule has 0 spiro atoms. The molecule has 3 rings (SSSR count). The fourth-order valence-corrected chi connectivity index (χ4v) is 2.82. The van der Waals surface area contributed by atoms with Crippen LogP contribution in [0.15, 0.2) is 42.5 Å². The third-order valence-electron chi connectivity index (χ3n) is 4.16. The Labute approximate surface area is 140 Å². The van der Waals surface area contributed by atoms with Gasteiger partial charge in [0.1, 0.15) is 12.3 Å². The van der Waals surface area contributed by atoms with Gasteiger partial charge in [-0.2, -0.15) is 0 Å². The minimum absolute atomic E-state index is 0.0959. The van der Waals surface area contributed by atoms with Crippen molar-refractivity contribution in [1.82, 2.24) is 4.90 Å². The van der Waals surface area contributed by atoms with E-state index in [1.807, 2.05) is 42.5 Å². The van der Waals surface area contributed by atoms with E-state index in [1.165, 1.54) is 4.90 Å². The molecule has 0 saturated heterocycles. The Morgan fingerprint density at radius 1 is 1.12 bits per heavy atom. The number of carboxylic acid groups (broad SMARTS) is 1. The number of fused-ring (bicyclic) bond motifs is 1. The number of carbonyl (C=O) groups is 2. The standard InChI is InChI=1S/C19H21NO4/c21-18(20(13-19(22)23)15-10-11-15)9-4-12-24-17-8-3-6-14-5-1-2-7-16(14)17/h1-3,5-8,15H,4,9-13H2,(H,22,23). The zero-order valence-electron chi connectivity index (χ0n) is 13.5. The smallest absolute Gasteiger partial charge is 0.323 e. The lowest BCUT2D eigenvalue weighted by molar-refractivity contribution is -0.145. The first kappa shape index (κ1) is 16.3. The molecule has 2 aromatic rings. The second kappa shape index (κ2) is 7.34. The van der Waals surface area contributed by atoms with Crippen molar-refractivity contribution in [3.63, 3.8) is 0 Å². The summed E-state index contributed by atoms with van der Waals surface area (Å²) < 4.78 is 5.82.